The van der Waals surface area contributed by atoms with E-state index in [0.29, 0.717) is 41.0 Å². The zero-order valence-corrected chi connectivity index (χ0v) is 19.0. The SMILES string of the molecule is COc1ccc(CO)c(CCC(=O)CC2c3c(cc4c(c3CO)OCO4)CC[N+]2(C)C)c1. The van der Waals surface area contributed by atoms with Gasteiger partial charge in [-0.05, 0) is 41.3 Å². The van der Waals surface area contributed by atoms with Gasteiger partial charge in [-0.3, -0.25) is 4.79 Å². The topological polar surface area (TPSA) is 85.2 Å². The standard InChI is InChI=1S/C25H32NO6/c1-26(2)9-8-17-11-23-25(32-15-31-23)21(14-28)24(17)22(26)12-19(29)6-4-16-10-20(30-3)7-5-18(16)13-27/h5,7,10-11,22,27-28H,4,6,8-9,12-15H2,1-3H3/q+1. The first kappa shape index (κ1) is 22.6. The Morgan fingerprint density at radius 1 is 1.16 bits per heavy atom. The molecule has 4 rings (SSSR count). The van der Waals surface area contributed by atoms with E-state index in [1.165, 1.54) is 0 Å². The molecule has 0 bridgehead atoms. The molecule has 0 spiro atoms. The molecule has 2 aromatic rings. The molecule has 0 fully saturated rings. The summed E-state index contributed by atoms with van der Waals surface area (Å²) in [5.74, 6) is 2.16. The van der Waals surface area contributed by atoms with Crippen molar-refractivity contribution in [2.75, 3.05) is 34.5 Å². The largest absolute Gasteiger partial charge is 0.497 e. The fourth-order valence-corrected chi connectivity index (χ4v) is 4.93. The van der Waals surface area contributed by atoms with Crippen molar-refractivity contribution in [1.82, 2.24) is 0 Å². The van der Waals surface area contributed by atoms with E-state index in [2.05, 4.69) is 14.1 Å². The summed E-state index contributed by atoms with van der Waals surface area (Å²) in [4.78, 5) is 13.1. The number of hydrogen-bond acceptors (Lipinski definition) is 6. The van der Waals surface area contributed by atoms with Crippen LogP contribution in [0.3, 0.4) is 0 Å². The van der Waals surface area contributed by atoms with E-state index in [9.17, 15) is 15.0 Å². The van der Waals surface area contributed by atoms with Gasteiger partial charge in [0.15, 0.2) is 11.5 Å². The summed E-state index contributed by atoms with van der Waals surface area (Å²) in [6, 6.07) is 7.49. The number of aryl methyl sites for hydroxylation is 1. The van der Waals surface area contributed by atoms with E-state index in [1.54, 1.807) is 7.11 Å². The molecule has 0 amide bonds. The molecule has 0 saturated carbocycles. The molecule has 0 radical (unpaired) electrons. The van der Waals surface area contributed by atoms with Crippen LogP contribution < -0.4 is 14.2 Å². The molecule has 7 heteroatoms. The van der Waals surface area contributed by atoms with Gasteiger partial charge in [0.05, 0.1) is 47.4 Å². The van der Waals surface area contributed by atoms with Crippen LogP contribution in [0.5, 0.6) is 17.2 Å². The molecule has 0 aliphatic carbocycles. The van der Waals surface area contributed by atoms with Crippen molar-refractivity contribution < 1.29 is 33.7 Å². The lowest BCUT2D eigenvalue weighted by Crippen LogP contribution is -2.49. The fraction of sp³-hybridized carbons (Fsp3) is 0.480. The number of carbonyl (C=O) groups is 1. The summed E-state index contributed by atoms with van der Waals surface area (Å²) in [5.41, 5.74) is 4.64. The first-order valence-corrected chi connectivity index (χ1v) is 11.0. The van der Waals surface area contributed by atoms with E-state index in [1.807, 2.05) is 24.3 Å². The van der Waals surface area contributed by atoms with Crippen LogP contribution >= 0.6 is 0 Å². The molecule has 32 heavy (non-hydrogen) atoms. The number of nitrogens with zero attached hydrogens (tertiary/aromatic N) is 1. The number of Topliss-reactive ketones (excluding diaryl/α,β-unsaturated/α-hetero) is 1. The molecule has 0 aromatic heterocycles. The lowest BCUT2D eigenvalue weighted by Gasteiger charge is -2.43. The molecular formula is C25H32NO6+. The highest BCUT2D eigenvalue weighted by Crippen LogP contribution is 2.47. The van der Waals surface area contributed by atoms with Crippen molar-refractivity contribution >= 4 is 5.78 Å². The van der Waals surface area contributed by atoms with Crippen molar-refractivity contribution in [1.29, 1.82) is 0 Å². The number of likely N-dealkylation sites (N-methyl/N-ethyl adjacent to an activating group) is 1. The van der Waals surface area contributed by atoms with Crippen LogP contribution in [0.1, 0.15) is 46.7 Å². The van der Waals surface area contributed by atoms with Crippen molar-refractivity contribution in [3.8, 4) is 17.2 Å². The summed E-state index contributed by atoms with van der Waals surface area (Å²) in [6.07, 6.45) is 2.17. The maximum Gasteiger partial charge on any atom is 0.231 e. The molecule has 1 unspecified atom stereocenters. The van der Waals surface area contributed by atoms with E-state index in [0.717, 1.165) is 40.8 Å². The number of hydrogen-bond donors (Lipinski definition) is 2. The van der Waals surface area contributed by atoms with Gasteiger partial charge in [0.2, 0.25) is 6.79 Å². The minimum Gasteiger partial charge on any atom is -0.497 e. The second-order valence-corrected chi connectivity index (χ2v) is 9.12. The zero-order valence-electron chi connectivity index (χ0n) is 19.0. The number of methoxy groups -OCH3 is 1. The third kappa shape index (κ3) is 4.20. The molecule has 172 valence electrons. The summed E-state index contributed by atoms with van der Waals surface area (Å²) in [7, 11) is 5.88. The molecular weight excluding hydrogens is 410 g/mol. The Hall–Kier alpha value is -2.61. The van der Waals surface area contributed by atoms with Crippen LogP contribution in [0.2, 0.25) is 0 Å². The lowest BCUT2D eigenvalue weighted by atomic mass is 9.83. The summed E-state index contributed by atoms with van der Waals surface area (Å²) < 4.78 is 17.2. The maximum absolute atomic E-state index is 13.1. The van der Waals surface area contributed by atoms with Gasteiger partial charge in [0, 0.05) is 24.0 Å². The predicted octanol–water partition coefficient (Wildman–Crippen LogP) is 2.67. The highest BCUT2D eigenvalue weighted by molar-refractivity contribution is 5.79. The van der Waals surface area contributed by atoms with Crippen LogP contribution in [0.4, 0.5) is 0 Å². The van der Waals surface area contributed by atoms with E-state index < -0.39 is 0 Å². The first-order valence-electron chi connectivity index (χ1n) is 11.0. The quantitative estimate of drug-likeness (QED) is 0.612. The Balaban J connectivity index is 1.57. The van der Waals surface area contributed by atoms with Gasteiger partial charge >= 0.3 is 0 Å². The molecule has 7 nitrogen and oxygen atoms in total. The minimum atomic E-state index is -0.150. The van der Waals surface area contributed by atoms with Gasteiger partial charge in [-0.1, -0.05) is 6.07 Å². The predicted molar refractivity (Wildman–Crippen MR) is 119 cm³/mol. The zero-order chi connectivity index (χ0) is 22.9. The molecule has 0 saturated heterocycles. The average molecular weight is 443 g/mol. The number of carbonyl (C=O) groups excluding carboxylic acids is 1. The van der Waals surface area contributed by atoms with Gasteiger partial charge in [-0.2, -0.15) is 0 Å². The molecule has 2 aromatic carbocycles. The summed E-state index contributed by atoms with van der Waals surface area (Å²) >= 11 is 0. The third-order valence-electron chi connectivity index (χ3n) is 6.86. The van der Waals surface area contributed by atoms with E-state index in [4.69, 9.17) is 14.2 Å². The van der Waals surface area contributed by atoms with Crippen LogP contribution in [0, 0.1) is 0 Å². The van der Waals surface area contributed by atoms with Crippen molar-refractivity contribution in [2.45, 2.75) is 44.9 Å². The Kier molecular flexibility index (Phi) is 6.42. The van der Waals surface area contributed by atoms with Gasteiger partial charge in [-0.25, -0.2) is 0 Å². The normalized spacial score (nSPS) is 18.3. The van der Waals surface area contributed by atoms with Crippen molar-refractivity contribution in [3.63, 3.8) is 0 Å². The number of aliphatic hydroxyl groups is 2. The second-order valence-electron chi connectivity index (χ2n) is 9.12. The van der Waals surface area contributed by atoms with Crippen molar-refractivity contribution in [3.05, 3.63) is 52.1 Å². The van der Waals surface area contributed by atoms with Crippen LogP contribution in [0.25, 0.3) is 0 Å². The van der Waals surface area contributed by atoms with Gasteiger partial charge in [-0.15, -0.1) is 0 Å². The number of ether oxygens (including phenoxy) is 3. The number of aliphatic hydroxyl groups excluding tert-OH is 2. The first-order chi connectivity index (χ1) is 15.4. The van der Waals surface area contributed by atoms with Gasteiger partial charge in [0.1, 0.15) is 17.6 Å². The Morgan fingerprint density at radius 3 is 2.69 bits per heavy atom. The summed E-state index contributed by atoms with van der Waals surface area (Å²) in [6.45, 7) is 0.838. The van der Waals surface area contributed by atoms with Gasteiger partial charge in [0.25, 0.3) is 0 Å². The van der Waals surface area contributed by atoms with E-state index >= 15 is 0 Å². The number of benzene rings is 2. The Bertz CT molecular complexity index is 1020. The average Bonchev–Trinajstić information content (AvgIpc) is 3.26. The maximum atomic E-state index is 13.1. The number of rotatable bonds is 8. The van der Waals surface area contributed by atoms with Crippen molar-refractivity contribution in [2.24, 2.45) is 0 Å². The molecule has 2 aliphatic heterocycles. The number of ketones is 1. The minimum absolute atomic E-state index is 0.0643. The van der Waals surface area contributed by atoms with Gasteiger partial charge < -0.3 is 28.9 Å². The highest BCUT2D eigenvalue weighted by atomic mass is 16.7. The number of quaternary nitrogens is 1. The van der Waals surface area contributed by atoms with Crippen LogP contribution in [0.15, 0.2) is 24.3 Å². The fourth-order valence-electron chi connectivity index (χ4n) is 4.93. The summed E-state index contributed by atoms with van der Waals surface area (Å²) in [5, 5.41) is 19.8. The Morgan fingerprint density at radius 2 is 1.97 bits per heavy atom. The molecule has 2 N–H and O–H groups in total. The lowest BCUT2D eigenvalue weighted by molar-refractivity contribution is -0.922. The van der Waals surface area contributed by atoms with E-state index in [-0.39, 0.29) is 31.8 Å². The molecule has 2 aliphatic rings. The second kappa shape index (κ2) is 9.10. The smallest absolute Gasteiger partial charge is 0.231 e. The number of fused-ring (bicyclic) bond motifs is 2. The third-order valence-corrected chi connectivity index (χ3v) is 6.86. The highest BCUT2D eigenvalue weighted by Gasteiger charge is 2.41. The Labute approximate surface area is 188 Å². The van der Waals surface area contributed by atoms with Crippen LogP contribution in [-0.2, 0) is 30.8 Å². The monoisotopic (exact) mass is 442 g/mol. The van der Waals surface area contributed by atoms with Crippen LogP contribution in [-0.4, -0.2) is 55.0 Å². The molecule has 1 atom stereocenters. The molecule has 2 heterocycles.